The lowest BCUT2D eigenvalue weighted by molar-refractivity contribution is 0.181. The van der Waals surface area contributed by atoms with Crippen LogP contribution in [0.3, 0.4) is 0 Å². The standard InChI is InChI=1S/C5H10NO3/c1-9-4-2-3-6-5(7)8/h2-4H2,1H3,(H,7,8). The summed E-state index contributed by atoms with van der Waals surface area (Å²) in [5.41, 5.74) is 0. The fourth-order valence-corrected chi connectivity index (χ4v) is 0.384. The molecule has 1 N–H and O–H groups in total. The van der Waals surface area contributed by atoms with Crippen LogP contribution >= 0.6 is 0 Å². The van der Waals surface area contributed by atoms with Crippen molar-refractivity contribution in [3.63, 3.8) is 0 Å². The number of rotatable bonds is 4. The maximum atomic E-state index is 9.75. The van der Waals surface area contributed by atoms with Gasteiger partial charge in [-0.05, 0) is 6.42 Å². The molecule has 53 valence electrons. The highest BCUT2D eigenvalue weighted by Crippen LogP contribution is 1.77. The molecule has 0 aliphatic carbocycles. The predicted octanol–water partition coefficient (Wildman–Crippen LogP) is 0.305. The lowest BCUT2D eigenvalue weighted by Gasteiger charge is -1.95. The Bertz CT molecular complexity index is 84.3. The third kappa shape index (κ3) is 7.23. The van der Waals surface area contributed by atoms with Crippen LogP contribution in [0.4, 0.5) is 4.79 Å². The molecule has 9 heavy (non-hydrogen) atoms. The molecule has 0 aromatic heterocycles. The second-order valence-corrected chi connectivity index (χ2v) is 1.51. The van der Waals surface area contributed by atoms with E-state index in [0.717, 1.165) is 0 Å². The predicted molar refractivity (Wildman–Crippen MR) is 31.5 cm³/mol. The maximum absolute atomic E-state index is 9.75. The van der Waals surface area contributed by atoms with Gasteiger partial charge in [-0.1, -0.05) is 0 Å². The highest BCUT2D eigenvalue weighted by molar-refractivity contribution is 5.63. The molecule has 0 atom stereocenters. The molecule has 1 radical (unpaired) electrons. The summed E-state index contributed by atoms with van der Waals surface area (Å²) in [5, 5.41) is 11.2. The monoisotopic (exact) mass is 132 g/mol. The molecule has 0 saturated carbocycles. The minimum atomic E-state index is -1.11. The van der Waals surface area contributed by atoms with Crippen LogP contribution in [0.25, 0.3) is 0 Å². The summed E-state index contributed by atoms with van der Waals surface area (Å²) in [6, 6.07) is 0. The minimum Gasteiger partial charge on any atom is -0.464 e. The molecule has 0 aromatic carbocycles. The molecular weight excluding hydrogens is 122 g/mol. The van der Waals surface area contributed by atoms with E-state index in [-0.39, 0.29) is 0 Å². The molecule has 4 heteroatoms. The van der Waals surface area contributed by atoms with Gasteiger partial charge in [0.05, 0.1) is 0 Å². The van der Waals surface area contributed by atoms with Gasteiger partial charge < -0.3 is 9.84 Å². The normalized spacial score (nSPS) is 9.00. The summed E-state index contributed by atoms with van der Waals surface area (Å²) < 4.78 is 4.67. The average molecular weight is 132 g/mol. The third-order valence-electron chi connectivity index (χ3n) is 0.754. The summed E-state index contributed by atoms with van der Waals surface area (Å²) in [7, 11) is 1.57. The van der Waals surface area contributed by atoms with E-state index in [1.807, 2.05) is 0 Å². The maximum Gasteiger partial charge on any atom is 0.426 e. The average Bonchev–Trinajstić information content (AvgIpc) is 1.80. The van der Waals surface area contributed by atoms with Crippen molar-refractivity contribution >= 4 is 6.09 Å². The first-order valence-electron chi connectivity index (χ1n) is 2.66. The van der Waals surface area contributed by atoms with Crippen LogP contribution in [0.15, 0.2) is 0 Å². The zero-order chi connectivity index (χ0) is 7.11. The van der Waals surface area contributed by atoms with Crippen LogP contribution < -0.4 is 5.32 Å². The first-order valence-corrected chi connectivity index (χ1v) is 2.66. The number of amides is 1. The number of hydrogen-bond donors (Lipinski definition) is 1. The minimum absolute atomic E-state index is 0.336. The number of nitrogens with zero attached hydrogens (tertiary/aromatic N) is 1. The van der Waals surface area contributed by atoms with Crippen molar-refractivity contribution in [2.75, 3.05) is 20.3 Å². The SMILES string of the molecule is COCCC[N]C(=O)O. The van der Waals surface area contributed by atoms with E-state index in [2.05, 4.69) is 10.1 Å². The lowest BCUT2D eigenvalue weighted by atomic mass is 10.4. The molecule has 0 spiro atoms. The summed E-state index contributed by atoms with van der Waals surface area (Å²) in [4.78, 5) is 9.75. The fourth-order valence-electron chi connectivity index (χ4n) is 0.384. The highest BCUT2D eigenvalue weighted by atomic mass is 16.5. The number of ether oxygens (including phenoxy) is 1. The van der Waals surface area contributed by atoms with Crippen molar-refractivity contribution in [1.29, 1.82) is 0 Å². The largest absolute Gasteiger partial charge is 0.464 e. The van der Waals surface area contributed by atoms with E-state index in [4.69, 9.17) is 5.11 Å². The van der Waals surface area contributed by atoms with E-state index in [9.17, 15) is 4.79 Å². The molecule has 0 fully saturated rings. The smallest absolute Gasteiger partial charge is 0.426 e. The highest BCUT2D eigenvalue weighted by Gasteiger charge is 1.93. The van der Waals surface area contributed by atoms with Gasteiger partial charge in [-0.25, -0.2) is 10.1 Å². The van der Waals surface area contributed by atoms with E-state index in [0.29, 0.717) is 19.6 Å². The van der Waals surface area contributed by atoms with Crippen molar-refractivity contribution in [3.8, 4) is 0 Å². The summed E-state index contributed by atoms with van der Waals surface area (Å²) in [6.07, 6.45) is -0.436. The van der Waals surface area contributed by atoms with Gasteiger partial charge in [-0.2, -0.15) is 0 Å². The molecule has 0 unspecified atom stereocenters. The van der Waals surface area contributed by atoms with Gasteiger partial charge in [0.15, 0.2) is 0 Å². The topological polar surface area (TPSA) is 60.6 Å². The Hall–Kier alpha value is -0.770. The Kier molecular flexibility index (Phi) is 4.91. The van der Waals surface area contributed by atoms with Gasteiger partial charge in [-0.3, -0.25) is 0 Å². The molecule has 0 aliphatic heterocycles. The van der Waals surface area contributed by atoms with Crippen molar-refractivity contribution in [2.24, 2.45) is 0 Å². The summed E-state index contributed by atoms with van der Waals surface area (Å²) in [5.74, 6) is 0. The Morgan fingerprint density at radius 3 is 2.89 bits per heavy atom. The van der Waals surface area contributed by atoms with Crippen LogP contribution in [-0.2, 0) is 4.74 Å². The molecule has 0 aromatic rings. The first kappa shape index (κ1) is 8.23. The van der Waals surface area contributed by atoms with Crippen LogP contribution in [-0.4, -0.2) is 31.5 Å². The fraction of sp³-hybridized carbons (Fsp3) is 0.800. The van der Waals surface area contributed by atoms with Crippen molar-refractivity contribution < 1.29 is 14.6 Å². The van der Waals surface area contributed by atoms with Crippen LogP contribution in [0, 0.1) is 0 Å². The van der Waals surface area contributed by atoms with Crippen molar-refractivity contribution in [3.05, 3.63) is 0 Å². The Labute approximate surface area is 53.8 Å². The lowest BCUT2D eigenvalue weighted by Crippen LogP contribution is -2.14. The van der Waals surface area contributed by atoms with E-state index >= 15 is 0 Å². The van der Waals surface area contributed by atoms with Crippen LogP contribution in [0.1, 0.15) is 6.42 Å². The van der Waals surface area contributed by atoms with Gasteiger partial charge in [0.1, 0.15) is 0 Å². The van der Waals surface area contributed by atoms with E-state index in [1.54, 1.807) is 7.11 Å². The summed E-state index contributed by atoms with van der Waals surface area (Å²) >= 11 is 0. The van der Waals surface area contributed by atoms with Gasteiger partial charge in [-0.15, -0.1) is 0 Å². The molecule has 0 bridgehead atoms. The van der Waals surface area contributed by atoms with Crippen LogP contribution in [0.2, 0.25) is 0 Å². The number of hydrogen-bond acceptors (Lipinski definition) is 2. The van der Waals surface area contributed by atoms with Gasteiger partial charge in [0.25, 0.3) is 0 Å². The Morgan fingerprint density at radius 2 is 2.44 bits per heavy atom. The Morgan fingerprint density at radius 1 is 1.78 bits per heavy atom. The zero-order valence-corrected chi connectivity index (χ0v) is 5.33. The molecule has 0 rings (SSSR count). The van der Waals surface area contributed by atoms with Gasteiger partial charge in [0, 0.05) is 20.3 Å². The number of carbonyl (C=O) groups is 1. The molecule has 4 nitrogen and oxygen atoms in total. The summed E-state index contributed by atoms with van der Waals surface area (Å²) in [6.45, 7) is 0.903. The van der Waals surface area contributed by atoms with Crippen molar-refractivity contribution in [2.45, 2.75) is 6.42 Å². The van der Waals surface area contributed by atoms with Crippen LogP contribution in [0.5, 0.6) is 0 Å². The third-order valence-corrected chi connectivity index (χ3v) is 0.754. The molecule has 0 aliphatic rings. The Balaban J connectivity index is 2.83. The van der Waals surface area contributed by atoms with E-state index in [1.165, 1.54) is 0 Å². The first-order chi connectivity index (χ1) is 4.27. The van der Waals surface area contributed by atoms with Gasteiger partial charge in [0.2, 0.25) is 0 Å². The molecular formula is C5H10NO3. The second-order valence-electron chi connectivity index (χ2n) is 1.51. The van der Waals surface area contributed by atoms with Crippen molar-refractivity contribution in [1.82, 2.24) is 5.32 Å². The second kappa shape index (κ2) is 5.37. The van der Waals surface area contributed by atoms with E-state index < -0.39 is 6.09 Å². The quantitative estimate of drug-likeness (QED) is 0.560. The molecule has 1 amide bonds. The number of methoxy groups -OCH3 is 1. The zero-order valence-electron chi connectivity index (χ0n) is 5.33. The molecule has 0 saturated heterocycles. The van der Waals surface area contributed by atoms with Gasteiger partial charge >= 0.3 is 6.09 Å². The number of carboxylic acid groups (broad SMARTS) is 1. The molecule has 0 heterocycles.